The third-order valence-corrected chi connectivity index (χ3v) is 5.23. The minimum absolute atomic E-state index is 0.0823. The van der Waals surface area contributed by atoms with E-state index in [-0.39, 0.29) is 5.91 Å². The van der Waals surface area contributed by atoms with Gasteiger partial charge in [-0.15, -0.1) is 10.2 Å². The van der Waals surface area contributed by atoms with Gasteiger partial charge in [-0.25, -0.2) is 0 Å². The van der Waals surface area contributed by atoms with Crippen LogP contribution in [0, 0.1) is 0 Å². The van der Waals surface area contributed by atoms with E-state index in [0.29, 0.717) is 17.5 Å². The van der Waals surface area contributed by atoms with E-state index in [1.54, 1.807) is 0 Å². The number of aromatic nitrogens is 2. The Morgan fingerprint density at radius 1 is 1.12 bits per heavy atom. The molecule has 128 valence electrons. The molecule has 3 rings (SSSR count). The van der Waals surface area contributed by atoms with E-state index in [9.17, 15) is 4.79 Å². The molecule has 0 aliphatic carbocycles. The first-order valence-corrected chi connectivity index (χ1v) is 9.63. The lowest BCUT2D eigenvalue weighted by Gasteiger charge is -2.08. The number of halogens is 1. The van der Waals surface area contributed by atoms with E-state index in [0.717, 1.165) is 21.5 Å². The summed E-state index contributed by atoms with van der Waals surface area (Å²) in [4.78, 5) is 12.1. The van der Waals surface area contributed by atoms with Crippen molar-refractivity contribution in [1.29, 1.82) is 0 Å². The molecule has 6 heteroatoms. The maximum atomic E-state index is 12.1. The van der Waals surface area contributed by atoms with Crippen LogP contribution in [-0.4, -0.2) is 16.1 Å². The molecule has 0 saturated carbocycles. The molecule has 1 aromatic heterocycles. The van der Waals surface area contributed by atoms with E-state index in [1.807, 2.05) is 42.5 Å². The van der Waals surface area contributed by atoms with Crippen molar-refractivity contribution >= 4 is 38.3 Å². The van der Waals surface area contributed by atoms with E-state index in [4.69, 9.17) is 0 Å². The molecule has 0 aliphatic heterocycles. The Balaban J connectivity index is 1.56. The van der Waals surface area contributed by atoms with E-state index < -0.39 is 0 Å². The van der Waals surface area contributed by atoms with Crippen molar-refractivity contribution < 1.29 is 4.79 Å². The number of benzene rings is 2. The van der Waals surface area contributed by atoms with Crippen LogP contribution in [0.1, 0.15) is 29.0 Å². The third-order valence-electron chi connectivity index (χ3n) is 3.84. The van der Waals surface area contributed by atoms with E-state index >= 15 is 0 Å². The van der Waals surface area contributed by atoms with Crippen molar-refractivity contribution in [2.75, 3.05) is 5.32 Å². The summed E-state index contributed by atoms with van der Waals surface area (Å²) in [5, 5.41) is 12.6. The average molecular weight is 416 g/mol. The van der Waals surface area contributed by atoms with E-state index in [1.165, 1.54) is 16.9 Å². The summed E-state index contributed by atoms with van der Waals surface area (Å²) >= 11 is 4.82. The number of nitrogens with zero attached hydrogens (tertiary/aromatic N) is 2. The number of rotatable bonds is 6. The quantitative estimate of drug-likeness (QED) is 0.627. The average Bonchev–Trinajstić information content (AvgIpc) is 3.04. The molecule has 0 radical (unpaired) electrons. The van der Waals surface area contributed by atoms with Crippen molar-refractivity contribution in [3.63, 3.8) is 0 Å². The number of carbonyl (C=O) groups excluding carboxylic acids is 1. The highest BCUT2D eigenvalue weighted by Crippen LogP contribution is 2.24. The molecule has 2 aromatic carbocycles. The predicted molar refractivity (Wildman–Crippen MR) is 105 cm³/mol. The molecule has 0 spiro atoms. The largest absolute Gasteiger partial charge is 0.300 e. The number of hydrogen-bond donors (Lipinski definition) is 1. The molecule has 1 amide bonds. The van der Waals surface area contributed by atoms with Gasteiger partial charge in [0.25, 0.3) is 0 Å². The molecule has 1 N–H and O–H groups in total. The highest BCUT2D eigenvalue weighted by atomic mass is 79.9. The summed E-state index contributed by atoms with van der Waals surface area (Å²) in [5.41, 5.74) is 2.24. The van der Waals surface area contributed by atoms with Gasteiger partial charge in [-0.3, -0.25) is 4.79 Å². The first-order valence-electron chi connectivity index (χ1n) is 8.02. The minimum Gasteiger partial charge on any atom is -0.300 e. The van der Waals surface area contributed by atoms with Gasteiger partial charge in [0.15, 0.2) is 0 Å². The molecule has 3 aromatic rings. The Morgan fingerprint density at radius 2 is 1.84 bits per heavy atom. The molecule has 0 saturated heterocycles. The van der Waals surface area contributed by atoms with Crippen LogP contribution >= 0.6 is 27.3 Å². The summed E-state index contributed by atoms with van der Waals surface area (Å²) in [5.74, 6) is 0.279. The summed E-state index contributed by atoms with van der Waals surface area (Å²) in [7, 11) is 0. The van der Waals surface area contributed by atoms with Gasteiger partial charge < -0.3 is 5.32 Å². The second kappa shape index (κ2) is 8.36. The molecular weight excluding hydrogens is 398 g/mol. The molecule has 0 bridgehead atoms. The maximum Gasteiger partial charge on any atom is 0.230 e. The second-order valence-corrected chi connectivity index (χ2v) is 7.85. The van der Waals surface area contributed by atoms with Crippen LogP contribution in [-0.2, 0) is 17.6 Å². The van der Waals surface area contributed by atoms with Gasteiger partial charge in [-0.1, -0.05) is 76.7 Å². The van der Waals surface area contributed by atoms with Crippen LogP contribution in [0.2, 0.25) is 0 Å². The van der Waals surface area contributed by atoms with Gasteiger partial charge >= 0.3 is 0 Å². The standard InChI is InChI=1S/C19H18BrN3OS/c1-13(15-5-3-2-4-6-15)11-18-22-23-19(25-18)21-17(24)12-14-7-9-16(20)10-8-14/h2-10,13H,11-12H2,1H3,(H,21,23,24)/t13-/m0/s1. The molecule has 25 heavy (non-hydrogen) atoms. The predicted octanol–water partition coefficient (Wildman–Crippen LogP) is 4.83. The van der Waals surface area contributed by atoms with Crippen molar-refractivity contribution in [3.8, 4) is 0 Å². The van der Waals surface area contributed by atoms with E-state index in [2.05, 4.69) is 50.5 Å². The molecule has 4 nitrogen and oxygen atoms in total. The highest BCUT2D eigenvalue weighted by molar-refractivity contribution is 9.10. The zero-order valence-electron chi connectivity index (χ0n) is 13.8. The molecule has 1 heterocycles. The number of amides is 1. The number of nitrogens with one attached hydrogen (secondary N) is 1. The van der Waals surface area contributed by atoms with Crippen LogP contribution in [0.15, 0.2) is 59.1 Å². The lowest BCUT2D eigenvalue weighted by Crippen LogP contribution is -2.14. The molecule has 0 fully saturated rings. The maximum absolute atomic E-state index is 12.1. The summed E-state index contributed by atoms with van der Waals surface area (Å²) in [6, 6.07) is 18.0. The normalized spacial score (nSPS) is 11.9. The van der Waals surface area contributed by atoms with Crippen LogP contribution in [0.25, 0.3) is 0 Å². The smallest absolute Gasteiger partial charge is 0.230 e. The van der Waals surface area contributed by atoms with Crippen LogP contribution in [0.5, 0.6) is 0 Å². The topological polar surface area (TPSA) is 54.9 Å². The summed E-state index contributed by atoms with van der Waals surface area (Å²) < 4.78 is 0.998. The third kappa shape index (κ3) is 5.21. The summed E-state index contributed by atoms with van der Waals surface area (Å²) in [6.07, 6.45) is 1.13. The zero-order valence-corrected chi connectivity index (χ0v) is 16.2. The van der Waals surface area contributed by atoms with Gasteiger partial charge in [-0.05, 0) is 29.2 Å². The Kier molecular flexibility index (Phi) is 5.94. The second-order valence-electron chi connectivity index (χ2n) is 5.87. The molecule has 0 unspecified atom stereocenters. The highest BCUT2D eigenvalue weighted by Gasteiger charge is 2.12. The van der Waals surface area contributed by atoms with Crippen LogP contribution in [0.4, 0.5) is 5.13 Å². The Hall–Kier alpha value is -2.05. The fraction of sp³-hybridized carbons (Fsp3) is 0.211. The van der Waals surface area contributed by atoms with Gasteiger partial charge in [0, 0.05) is 10.9 Å². The lowest BCUT2D eigenvalue weighted by molar-refractivity contribution is -0.115. The van der Waals surface area contributed by atoms with Crippen molar-refractivity contribution in [1.82, 2.24) is 10.2 Å². The number of hydrogen-bond acceptors (Lipinski definition) is 4. The Bertz CT molecular complexity index is 833. The van der Waals surface area contributed by atoms with Crippen LogP contribution < -0.4 is 5.32 Å². The molecular formula is C19H18BrN3OS. The van der Waals surface area contributed by atoms with Crippen molar-refractivity contribution in [3.05, 3.63) is 75.2 Å². The van der Waals surface area contributed by atoms with Crippen LogP contribution in [0.3, 0.4) is 0 Å². The Labute approximate surface area is 159 Å². The SMILES string of the molecule is C[C@@H](Cc1nnc(NC(=O)Cc2ccc(Br)cc2)s1)c1ccccc1. The first-order chi connectivity index (χ1) is 12.1. The minimum atomic E-state index is -0.0823. The first kappa shape index (κ1) is 17.8. The number of anilines is 1. The van der Waals surface area contributed by atoms with Crippen molar-refractivity contribution in [2.24, 2.45) is 0 Å². The summed E-state index contributed by atoms with van der Waals surface area (Å²) in [6.45, 7) is 2.17. The lowest BCUT2D eigenvalue weighted by atomic mass is 9.98. The fourth-order valence-corrected chi connectivity index (χ4v) is 3.65. The monoisotopic (exact) mass is 415 g/mol. The Morgan fingerprint density at radius 3 is 2.56 bits per heavy atom. The van der Waals surface area contributed by atoms with Gasteiger partial charge in [0.2, 0.25) is 11.0 Å². The van der Waals surface area contributed by atoms with Crippen molar-refractivity contribution in [2.45, 2.75) is 25.7 Å². The molecule has 0 aliphatic rings. The number of carbonyl (C=O) groups is 1. The van der Waals surface area contributed by atoms with Gasteiger partial charge in [-0.2, -0.15) is 0 Å². The molecule has 1 atom stereocenters. The van der Waals surface area contributed by atoms with Gasteiger partial charge in [0.1, 0.15) is 5.01 Å². The van der Waals surface area contributed by atoms with Gasteiger partial charge in [0.05, 0.1) is 6.42 Å². The fourth-order valence-electron chi connectivity index (χ4n) is 2.50. The zero-order chi connectivity index (χ0) is 17.6.